The van der Waals surface area contributed by atoms with Crippen molar-refractivity contribution in [3.63, 3.8) is 0 Å². The average molecular weight is 227 g/mol. The number of hydrogen-bond acceptors (Lipinski definition) is 5. The van der Waals surface area contributed by atoms with Crippen LogP contribution in [0.1, 0.15) is 11.7 Å². The van der Waals surface area contributed by atoms with E-state index in [1.165, 1.54) is 13.3 Å². The van der Waals surface area contributed by atoms with Crippen LogP contribution in [0.25, 0.3) is 0 Å². The molecule has 0 saturated heterocycles. The van der Waals surface area contributed by atoms with E-state index in [-0.39, 0.29) is 13.2 Å². The highest BCUT2D eigenvalue weighted by atomic mass is 16.5. The first kappa shape index (κ1) is 12.4. The van der Waals surface area contributed by atoms with Gasteiger partial charge in [0.1, 0.15) is 0 Å². The van der Waals surface area contributed by atoms with Crippen LogP contribution in [0.15, 0.2) is 18.3 Å². The number of hydrogen-bond donors (Lipinski definition) is 2. The number of carbonyl (C=O) groups is 1. The van der Waals surface area contributed by atoms with Gasteiger partial charge in [0.2, 0.25) is 5.88 Å². The molecule has 0 radical (unpaired) electrons. The Morgan fingerprint density at radius 1 is 1.56 bits per heavy atom. The molecule has 1 atom stereocenters. The molecular formula is C10H13NO5. The molecule has 0 aliphatic rings. The molecule has 16 heavy (non-hydrogen) atoms. The van der Waals surface area contributed by atoms with Crippen molar-refractivity contribution < 1.29 is 24.5 Å². The zero-order chi connectivity index (χ0) is 12.0. The van der Waals surface area contributed by atoms with E-state index in [4.69, 9.17) is 19.7 Å². The van der Waals surface area contributed by atoms with Gasteiger partial charge >= 0.3 is 5.97 Å². The number of aliphatic hydroxyl groups is 1. The van der Waals surface area contributed by atoms with E-state index >= 15 is 0 Å². The van der Waals surface area contributed by atoms with E-state index in [0.717, 1.165) is 0 Å². The monoisotopic (exact) mass is 227 g/mol. The summed E-state index contributed by atoms with van der Waals surface area (Å²) in [7, 11) is 1.47. The first-order valence-electron chi connectivity index (χ1n) is 4.64. The molecule has 1 heterocycles. The van der Waals surface area contributed by atoms with Crippen molar-refractivity contribution in [3.8, 4) is 5.88 Å². The molecule has 0 aliphatic heterocycles. The highest BCUT2D eigenvalue weighted by Crippen LogP contribution is 2.18. The van der Waals surface area contributed by atoms with Crippen LogP contribution in [-0.4, -0.2) is 41.5 Å². The molecule has 0 amide bonds. The summed E-state index contributed by atoms with van der Waals surface area (Å²) in [5.74, 6) is -0.726. The summed E-state index contributed by atoms with van der Waals surface area (Å²) in [6.45, 7) is -0.268. The maximum Gasteiger partial charge on any atom is 0.337 e. The topological polar surface area (TPSA) is 88.9 Å². The lowest BCUT2D eigenvalue weighted by molar-refractivity contribution is -0.151. The molecule has 2 N–H and O–H groups in total. The minimum absolute atomic E-state index is 0.0387. The van der Waals surface area contributed by atoms with Gasteiger partial charge in [0.15, 0.2) is 6.10 Å². The number of nitrogens with zero attached hydrogens (tertiary/aromatic N) is 1. The Balaban J connectivity index is 2.79. The van der Waals surface area contributed by atoms with Gasteiger partial charge in [0, 0.05) is 17.8 Å². The van der Waals surface area contributed by atoms with E-state index in [9.17, 15) is 4.79 Å². The third-order valence-corrected chi connectivity index (χ3v) is 1.87. The summed E-state index contributed by atoms with van der Waals surface area (Å²) in [6.07, 6.45) is 0.250. The summed E-state index contributed by atoms with van der Waals surface area (Å²) < 4.78 is 9.83. The Kier molecular flexibility index (Phi) is 4.68. The zero-order valence-corrected chi connectivity index (χ0v) is 8.79. The molecular weight excluding hydrogens is 214 g/mol. The number of ether oxygens (including phenoxy) is 2. The number of pyridine rings is 1. The SMILES string of the molecule is COc1ccc(C(OCCO)C(=O)O)cn1. The molecule has 88 valence electrons. The van der Waals surface area contributed by atoms with Crippen LogP contribution in [0.5, 0.6) is 5.88 Å². The van der Waals surface area contributed by atoms with Gasteiger partial charge in [0.05, 0.1) is 20.3 Å². The van der Waals surface area contributed by atoms with Crippen molar-refractivity contribution in [2.45, 2.75) is 6.10 Å². The summed E-state index contributed by atoms with van der Waals surface area (Å²) >= 11 is 0. The quantitative estimate of drug-likeness (QED) is 0.722. The Bertz CT molecular complexity index is 338. The second-order valence-electron chi connectivity index (χ2n) is 2.95. The molecule has 6 heteroatoms. The summed E-state index contributed by atoms with van der Waals surface area (Å²) in [6, 6.07) is 3.11. The van der Waals surface area contributed by atoms with Gasteiger partial charge in [-0.1, -0.05) is 0 Å². The fraction of sp³-hybridized carbons (Fsp3) is 0.400. The van der Waals surface area contributed by atoms with Gasteiger partial charge in [-0.25, -0.2) is 9.78 Å². The number of aromatic nitrogens is 1. The predicted octanol–water partition coefficient (Wildman–Crippen LogP) is 0.225. The van der Waals surface area contributed by atoms with Crippen LogP contribution in [-0.2, 0) is 9.53 Å². The molecule has 0 spiro atoms. The molecule has 1 aromatic heterocycles. The molecule has 6 nitrogen and oxygen atoms in total. The largest absolute Gasteiger partial charge is 0.481 e. The molecule has 0 fully saturated rings. The molecule has 0 aliphatic carbocycles. The maximum absolute atomic E-state index is 10.9. The zero-order valence-electron chi connectivity index (χ0n) is 8.79. The molecule has 1 aromatic rings. The van der Waals surface area contributed by atoms with Crippen LogP contribution in [0, 0.1) is 0 Å². The van der Waals surface area contributed by atoms with Crippen LogP contribution < -0.4 is 4.74 Å². The predicted molar refractivity (Wildman–Crippen MR) is 54.2 cm³/mol. The highest BCUT2D eigenvalue weighted by Gasteiger charge is 2.20. The first-order chi connectivity index (χ1) is 7.69. The number of aliphatic carboxylic acids is 1. The van der Waals surface area contributed by atoms with Crippen molar-refractivity contribution in [2.24, 2.45) is 0 Å². The van der Waals surface area contributed by atoms with Crippen molar-refractivity contribution in [1.29, 1.82) is 0 Å². The summed E-state index contributed by atoms with van der Waals surface area (Å²) in [5.41, 5.74) is 0.404. The van der Waals surface area contributed by atoms with Crippen LogP contribution in [0.4, 0.5) is 0 Å². The van der Waals surface area contributed by atoms with E-state index in [0.29, 0.717) is 11.4 Å². The minimum atomic E-state index is -1.12. The molecule has 0 bridgehead atoms. The fourth-order valence-corrected chi connectivity index (χ4v) is 1.15. The molecule has 1 unspecified atom stereocenters. The third kappa shape index (κ3) is 3.18. The Hall–Kier alpha value is -1.66. The van der Waals surface area contributed by atoms with Crippen molar-refractivity contribution >= 4 is 5.97 Å². The van der Waals surface area contributed by atoms with Gasteiger partial charge in [-0.15, -0.1) is 0 Å². The normalized spacial score (nSPS) is 12.1. The average Bonchev–Trinajstić information content (AvgIpc) is 2.30. The van der Waals surface area contributed by atoms with Gasteiger partial charge < -0.3 is 19.7 Å². The number of methoxy groups -OCH3 is 1. The first-order valence-corrected chi connectivity index (χ1v) is 4.64. The van der Waals surface area contributed by atoms with E-state index < -0.39 is 12.1 Å². The van der Waals surface area contributed by atoms with Gasteiger partial charge in [-0.05, 0) is 6.07 Å². The van der Waals surface area contributed by atoms with Gasteiger partial charge in [0.25, 0.3) is 0 Å². The van der Waals surface area contributed by atoms with Crippen molar-refractivity contribution in [1.82, 2.24) is 4.98 Å². The molecule has 0 saturated carbocycles. The Morgan fingerprint density at radius 2 is 2.31 bits per heavy atom. The Morgan fingerprint density at radius 3 is 2.75 bits per heavy atom. The molecule has 1 rings (SSSR count). The third-order valence-electron chi connectivity index (χ3n) is 1.87. The number of carboxylic acid groups (broad SMARTS) is 1. The highest BCUT2D eigenvalue weighted by molar-refractivity contribution is 5.74. The lowest BCUT2D eigenvalue weighted by Gasteiger charge is -2.12. The van der Waals surface area contributed by atoms with Crippen LogP contribution >= 0.6 is 0 Å². The standard InChI is InChI=1S/C10H13NO5/c1-15-8-3-2-7(6-11-8)9(10(13)14)16-5-4-12/h2-3,6,9,12H,4-5H2,1H3,(H,13,14). The summed E-state index contributed by atoms with van der Waals surface area (Å²) in [4.78, 5) is 14.8. The Labute approximate surface area is 92.5 Å². The second-order valence-corrected chi connectivity index (χ2v) is 2.95. The van der Waals surface area contributed by atoms with Crippen LogP contribution in [0.2, 0.25) is 0 Å². The van der Waals surface area contributed by atoms with Gasteiger partial charge in [-0.3, -0.25) is 0 Å². The van der Waals surface area contributed by atoms with Crippen molar-refractivity contribution in [2.75, 3.05) is 20.3 Å². The smallest absolute Gasteiger partial charge is 0.337 e. The van der Waals surface area contributed by atoms with Crippen molar-refractivity contribution in [3.05, 3.63) is 23.9 Å². The second kappa shape index (κ2) is 6.04. The van der Waals surface area contributed by atoms with E-state index in [1.807, 2.05) is 0 Å². The number of aliphatic hydroxyl groups excluding tert-OH is 1. The van der Waals surface area contributed by atoms with Crippen LogP contribution in [0.3, 0.4) is 0 Å². The molecule has 0 aromatic carbocycles. The van der Waals surface area contributed by atoms with E-state index in [1.54, 1.807) is 12.1 Å². The maximum atomic E-state index is 10.9. The fourth-order valence-electron chi connectivity index (χ4n) is 1.15. The van der Waals surface area contributed by atoms with E-state index in [2.05, 4.69) is 4.98 Å². The minimum Gasteiger partial charge on any atom is -0.481 e. The number of carboxylic acids is 1. The number of rotatable bonds is 6. The summed E-state index contributed by atoms with van der Waals surface area (Å²) in [5, 5.41) is 17.5. The lowest BCUT2D eigenvalue weighted by atomic mass is 10.1. The van der Waals surface area contributed by atoms with Gasteiger partial charge in [-0.2, -0.15) is 0 Å². The lowest BCUT2D eigenvalue weighted by Crippen LogP contribution is -2.17.